The molecule has 0 bridgehead atoms. The van der Waals surface area contributed by atoms with Crippen molar-refractivity contribution >= 4 is 23.0 Å². The SMILES string of the molecule is Cc1cc(-c2cc(C3=Nc4ccc(C(F)(F)F)cc4N(C)C(=O)C3)ccn2)ccn1. The normalized spacial score (nSPS) is 14.2. The van der Waals surface area contributed by atoms with Gasteiger partial charge in [-0.05, 0) is 49.4 Å². The molecule has 8 heteroatoms. The Morgan fingerprint density at radius 3 is 2.43 bits per heavy atom. The molecule has 3 aromatic rings. The smallest absolute Gasteiger partial charge is 0.313 e. The fraction of sp³-hybridized carbons (Fsp3) is 0.182. The quantitative estimate of drug-likeness (QED) is 0.600. The van der Waals surface area contributed by atoms with E-state index in [2.05, 4.69) is 15.0 Å². The minimum atomic E-state index is -4.50. The fourth-order valence-corrected chi connectivity index (χ4v) is 3.28. The van der Waals surface area contributed by atoms with Crippen LogP contribution in [0.2, 0.25) is 0 Å². The lowest BCUT2D eigenvalue weighted by Crippen LogP contribution is -2.27. The van der Waals surface area contributed by atoms with Gasteiger partial charge in [-0.25, -0.2) is 0 Å². The Labute approximate surface area is 170 Å². The zero-order valence-electron chi connectivity index (χ0n) is 16.2. The van der Waals surface area contributed by atoms with Gasteiger partial charge in [-0.1, -0.05) is 0 Å². The molecule has 1 amide bonds. The second-order valence-electron chi connectivity index (χ2n) is 7.00. The number of amides is 1. The second-order valence-corrected chi connectivity index (χ2v) is 7.00. The number of aromatic nitrogens is 2. The van der Waals surface area contributed by atoms with Crippen LogP contribution in [-0.2, 0) is 11.0 Å². The van der Waals surface area contributed by atoms with Gasteiger partial charge in [0.15, 0.2) is 0 Å². The standard InChI is InChI=1S/C22H17F3N4O/c1-13-9-14(5-7-26-13)18-10-15(6-8-27-18)19-12-21(30)29(2)20-11-16(22(23,24)25)3-4-17(20)28-19/h3-11H,12H2,1-2H3. The van der Waals surface area contributed by atoms with Crippen molar-refractivity contribution in [1.82, 2.24) is 9.97 Å². The summed E-state index contributed by atoms with van der Waals surface area (Å²) in [5.74, 6) is -0.343. The Balaban J connectivity index is 1.79. The summed E-state index contributed by atoms with van der Waals surface area (Å²) in [6.45, 7) is 1.88. The summed E-state index contributed by atoms with van der Waals surface area (Å²) in [7, 11) is 1.46. The van der Waals surface area contributed by atoms with Crippen molar-refractivity contribution in [2.24, 2.45) is 4.99 Å². The topological polar surface area (TPSA) is 58.5 Å². The van der Waals surface area contributed by atoms with Gasteiger partial charge < -0.3 is 4.90 Å². The van der Waals surface area contributed by atoms with Gasteiger partial charge in [-0.15, -0.1) is 0 Å². The summed E-state index contributed by atoms with van der Waals surface area (Å²) in [5.41, 5.74) is 3.18. The predicted octanol–water partition coefficient (Wildman–Crippen LogP) is 4.96. The molecule has 0 N–H and O–H groups in total. The molecule has 0 saturated carbocycles. The second kappa shape index (κ2) is 7.37. The molecule has 0 unspecified atom stereocenters. The van der Waals surface area contributed by atoms with Crippen LogP contribution in [0.15, 0.2) is 59.9 Å². The molecule has 152 valence electrons. The van der Waals surface area contributed by atoms with Gasteiger partial charge in [0, 0.05) is 36.3 Å². The molecule has 0 fully saturated rings. The van der Waals surface area contributed by atoms with Crippen LogP contribution < -0.4 is 4.90 Å². The number of aliphatic imine (C=N–C) groups is 1. The van der Waals surface area contributed by atoms with E-state index in [9.17, 15) is 18.0 Å². The maximum Gasteiger partial charge on any atom is 0.416 e. The molecule has 0 atom stereocenters. The monoisotopic (exact) mass is 410 g/mol. The first kappa shape index (κ1) is 19.8. The molecule has 1 aliphatic rings. The summed E-state index contributed by atoms with van der Waals surface area (Å²) < 4.78 is 39.3. The number of hydrogen-bond donors (Lipinski definition) is 0. The minimum absolute atomic E-state index is 0.0364. The largest absolute Gasteiger partial charge is 0.416 e. The molecule has 1 aliphatic heterocycles. The highest BCUT2D eigenvalue weighted by atomic mass is 19.4. The molecule has 30 heavy (non-hydrogen) atoms. The number of aryl methyl sites for hydroxylation is 1. The highest BCUT2D eigenvalue weighted by Crippen LogP contribution is 2.38. The van der Waals surface area contributed by atoms with Gasteiger partial charge in [0.1, 0.15) is 0 Å². The average Bonchev–Trinajstić information content (AvgIpc) is 2.84. The Kier molecular flexibility index (Phi) is 4.85. The van der Waals surface area contributed by atoms with Gasteiger partial charge in [0.2, 0.25) is 5.91 Å². The molecule has 4 rings (SSSR count). The molecule has 5 nitrogen and oxygen atoms in total. The van der Waals surface area contributed by atoms with E-state index in [4.69, 9.17) is 0 Å². The van der Waals surface area contributed by atoms with Crippen LogP contribution in [0.1, 0.15) is 23.2 Å². The average molecular weight is 410 g/mol. The van der Waals surface area contributed by atoms with E-state index in [-0.39, 0.29) is 18.0 Å². The number of pyridine rings is 2. The van der Waals surface area contributed by atoms with Crippen molar-refractivity contribution in [3.63, 3.8) is 0 Å². The van der Waals surface area contributed by atoms with Crippen molar-refractivity contribution in [2.75, 3.05) is 11.9 Å². The third kappa shape index (κ3) is 3.80. The Morgan fingerprint density at radius 1 is 0.967 bits per heavy atom. The number of rotatable bonds is 2. The minimum Gasteiger partial charge on any atom is -0.313 e. The van der Waals surface area contributed by atoms with Gasteiger partial charge in [0.05, 0.1) is 34.8 Å². The number of fused-ring (bicyclic) bond motifs is 1. The molecule has 2 aromatic heterocycles. The van der Waals surface area contributed by atoms with E-state index in [1.54, 1.807) is 18.5 Å². The van der Waals surface area contributed by atoms with Gasteiger partial charge in [-0.2, -0.15) is 13.2 Å². The highest BCUT2D eigenvalue weighted by Gasteiger charge is 2.32. The molecule has 0 spiro atoms. The van der Waals surface area contributed by atoms with Gasteiger partial charge >= 0.3 is 6.18 Å². The first-order valence-corrected chi connectivity index (χ1v) is 9.17. The van der Waals surface area contributed by atoms with Crippen LogP contribution in [-0.4, -0.2) is 28.6 Å². The number of carbonyl (C=O) groups excluding carboxylic acids is 1. The third-order valence-corrected chi connectivity index (χ3v) is 4.90. The van der Waals surface area contributed by atoms with Gasteiger partial charge in [0.25, 0.3) is 0 Å². The summed E-state index contributed by atoms with van der Waals surface area (Å²) in [6, 6.07) is 10.5. The lowest BCUT2D eigenvalue weighted by molar-refractivity contribution is -0.137. The van der Waals surface area contributed by atoms with E-state index in [0.29, 0.717) is 22.7 Å². The van der Waals surface area contributed by atoms with Crippen molar-refractivity contribution in [2.45, 2.75) is 19.5 Å². The zero-order valence-corrected chi connectivity index (χ0v) is 16.2. The predicted molar refractivity (Wildman–Crippen MR) is 108 cm³/mol. The number of halogens is 3. The number of nitrogens with zero attached hydrogens (tertiary/aromatic N) is 4. The summed E-state index contributed by atoms with van der Waals surface area (Å²) in [6.07, 6.45) is -1.23. The van der Waals surface area contributed by atoms with Crippen LogP contribution in [0.4, 0.5) is 24.5 Å². The maximum atomic E-state index is 13.1. The van der Waals surface area contributed by atoms with Crippen molar-refractivity contribution in [3.05, 3.63) is 71.7 Å². The number of alkyl halides is 3. The van der Waals surface area contributed by atoms with Crippen molar-refractivity contribution in [1.29, 1.82) is 0 Å². The van der Waals surface area contributed by atoms with E-state index in [1.807, 2.05) is 25.1 Å². The van der Waals surface area contributed by atoms with Crippen LogP contribution >= 0.6 is 0 Å². The van der Waals surface area contributed by atoms with E-state index < -0.39 is 11.7 Å². The molecule has 3 heterocycles. The summed E-state index contributed by atoms with van der Waals surface area (Å²) >= 11 is 0. The Bertz CT molecular complexity index is 1170. The molecule has 0 aliphatic carbocycles. The fourth-order valence-electron chi connectivity index (χ4n) is 3.28. The lowest BCUT2D eigenvalue weighted by atomic mass is 10.0. The molecular weight excluding hydrogens is 393 g/mol. The third-order valence-electron chi connectivity index (χ3n) is 4.90. The summed E-state index contributed by atoms with van der Waals surface area (Å²) in [5, 5.41) is 0. The van der Waals surface area contributed by atoms with E-state index >= 15 is 0 Å². The molecule has 0 saturated heterocycles. The highest BCUT2D eigenvalue weighted by molar-refractivity contribution is 6.17. The molecular formula is C22H17F3N4O. The van der Waals surface area contributed by atoms with Crippen molar-refractivity contribution < 1.29 is 18.0 Å². The molecule has 1 aromatic carbocycles. The number of benzene rings is 1. The number of hydrogen-bond acceptors (Lipinski definition) is 4. The first-order valence-electron chi connectivity index (χ1n) is 9.17. The van der Waals surface area contributed by atoms with Crippen molar-refractivity contribution in [3.8, 4) is 11.3 Å². The van der Waals surface area contributed by atoms with Crippen LogP contribution in [0.5, 0.6) is 0 Å². The van der Waals surface area contributed by atoms with E-state index in [0.717, 1.165) is 23.4 Å². The van der Waals surface area contributed by atoms with E-state index in [1.165, 1.54) is 18.0 Å². The lowest BCUT2D eigenvalue weighted by Gasteiger charge is -2.18. The zero-order chi connectivity index (χ0) is 21.5. The van der Waals surface area contributed by atoms with Crippen LogP contribution in [0.3, 0.4) is 0 Å². The first-order chi connectivity index (χ1) is 14.2. The number of carbonyl (C=O) groups is 1. The Hall–Kier alpha value is -3.55. The summed E-state index contributed by atoms with van der Waals surface area (Å²) in [4.78, 5) is 27.0. The van der Waals surface area contributed by atoms with Crippen LogP contribution in [0.25, 0.3) is 11.3 Å². The van der Waals surface area contributed by atoms with Gasteiger partial charge in [-0.3, -0.25) is 19.8 Å². The number of anilines is 1. The molecule has 0 radical (unpaired) electrons. The van der Waals surface area contributed by atoms with Crippen LogP contribution in [0, 0.1) is 6.92 Å². The Morgan fingerprint density at radius 2 is 1.70 bits per heavy atom. The maximum absolute atomic E-state index is 13.1.